The van der Waals surface area contributed by atoms with Gasteiger partial charge in [0.25, 0.3) is 0 Å². The molecule has 1 aromatic carbocycles. The Morgan fingerprint density at radius 1 is 1.45 bits per heavy atom. The van der Waals surface area contributed by atoms with Gasteiger partial charge in [0.1, 0.15) is 0 Å². The Bertz CT molecular complexity index is 522. The number of carbonyl (C=O) groups is 1. The summed E-state index contributed by atoms with van der Waals surface area (Å²) < 4.78 is 24.2. The summed E-state index contributed by atoms with van der Waals surface area (Å²) in [7, 11) is 1.41. The highest BCUT2D eigenvalue weighted by Gasteiger charge is 2.44. The molecule has 0 radical (unpaired) electrons. The molecule has 1 atom stereocenters. The van der Waals surface area contributed by atoms with Crippen LogP contribution in [-0.4, -0.2) is 25.1 Å². The molecule has 1 saturated heterocycles. The van der Waals surface area contributed by atoms with Gasteiger partial charge in [-0.15, -0.1) is 0 Å². The average molecular weight is 278 g/mol. The zero-order valence-corrected chi connectivity index (χ0v) is 11.7. The van der Waals surface area contributed by atoms with Crippen LogP contribution >= 0.6 is 0 Å². The van der Waals surface area contributed by atoms with Gasteiger partial charge in [0.05, 0.1) is 12.7 Å². The molecule has 0 aromatic heterocycles. The molecule has 3 rings (SSSR count). The Labute approximate surface area is 118 Å². The molecule has 1 heterocycles. The van der Waals surface area contributed by atoms with Crippen molar-refractivity contribution in [2.75, 3.05) is 13.7 Å². The molecule has 4 heteroatoms. The molecule has 0 amide bonds. The lowest BCUT2D eigenvalue weighted by Gasteiger charge is -2.46. The molecule has 2 aliphatic rings. The normalized spacial score (nSPS) is 24.2. The number of hydrogen-bond donors (Lipinski definition) is 0. The van der Waals surface area contributed by atoms with Gasteiger partial charge in [0.15, 0.2) is 17.3 Å². The van der Waals surface area contributed by atoms with Crippen molar-refractivity contribution in [1.82, 2.24) is 0 Å². The summed E-state index contributed by atoms with van der Waals surface area (Å²) in [4.78, 5) is 12.6. The second-order valence-corrected chi connectivity index (χ2v) is 5.79. The summed E-state index contributed by atoms with van der Waals surface area (Å²) in [5.74, 6) is -0.246. The summed E-state index contributed by atoms with van der Waals surface area (Å²) in [6, 6.07) is 4.34. The molecule has 3 nitrogen and oxygen atoms in total. The summed E-state index contributed by atoms with van der Waals surface area (Å²) in [6.07, 6.45) is 4.85. The van der Waals surface area contributed by atoms with Crippen LogP contribution in [0.25, 0.3) is 0 Å². The van der Waals surface area contributed by atoms with Crippen LogP contribution in [-0.2, 0) is 4.74 Å². The minimum atomic E-state index is -0.438. The van der Waals surface area contributed by atoms with Crippen molar-refractivity contribution in [3.05, 3.63) is 29.6 Å². The maximum absolute atomic E-state index is 13.4. The van der Waals surface area contributed by atoms with Gasteiger partial charge in [0.2, 0.25) is 0 Å². The molecule has 1 aliphatic carbocycles. The van der Waals surface area contributed by atoms with E-state index >= 15 is 0 Å². The van der Waals surface area contributed by atoms with E-state index < -0.39 is 5.82 Å². The van der Waals surface area contributed by atoms with Crippen LogP contribution in [0.4, 0.5) is 4.39 Å². The molecule has 1 aliphatic heterocycles. The standard InChI is InChI=1S/C16H19FO3/c1-19-14-9-11(3-4-13(14)17)15(18)12-5-8-20-16(10-12)6-2-7-16/h3-4,9,12H,2,5-8,10H2,1H3. The van der Waals surface area contributed by atoms with E-state index in [4.69, 9.17) is 9.47 Å². The highest BCUT2D eigenvalue weighted by Crippen LogP contribution is 2.45. The maximum Gasteiger partial charge on any atom is 0.166 e. The average Bonchev–Trinajstić information content (AvgIpc) is 2.45. The first-order valence-corrected chi connectivity index (χ1v) is 7.15. The molecule has 1 unspecified atom stereocenters. The maximum atomic E-state index is 13.4. The van der Waals surface area contributed by atoms with Gasteiger partial charge in [-0.05, 0) is 50.3 Å². The van der Waals surface area contributed by atoms with Crippen molar-refractivity contribution in [3.8, 4) is 5.75 Å². The van der Waals surface area contributed by atoms with Crippen molar-refractivity contribution in [1.29, 1.82) is 0 Å². The van der Waals surface area contributed by atoms with E-state index in [0.717, 1.165) is 25.7 Å². The van der Waals surface area contributed by atoms with Crippen molar-refractivity contribution in [2.45, 2.75) is 37.7 Å². The van der Waals surface area contributed by atoms with Crippen LogP contribution in [0.5, 0.6) is 5.75 Å². The molecule has 1 spiro atoms. The lowest BCUT2D eigenvalue weighted by molar-refractivity contribution is -0.137. The molecule has 0 bridgehead atoms. The number of methoxy groups -OCH3 is 1. The Balaban J connectivity index is 1.78. The largest absolute Gasteiger partial charge is 0.494 e. The number of carbonyl (C=O) groups excluding carboxylic acids is 1. The molecule has 1 saturated carbocycles. The predicted octanol–water partition coefficient (Wildman–Crippen LogP) is 3.37. The molecule has 20 heavy (non-hydrogen) atoms. The Hall–Kier alpha value is -1.42. The molecule has 108 valence electrons. The monoisotopic (exact) mass is 278 g/mol. The Kier molecular flexibility index (Phi) is 3.50. The smallest absolute Gasteiger partial charge is 0.166 e. The second kappa shape index (κ2) is 5.17. The van der Waals surface area contributed by atoms with Crippen LogP contribution in [0.1, 0.15) is 42.5 Å². The van der Waals surface area contributed by atoms with Crippen molar-refractivity contribution >= 4 is 5.78 Å². The van der Waals surface area contributed by atoms with Gasteiger partial charge < -0.3 is 9.47 Å². The highest BCUT2D eigenvalue weighted by molar-refractivity contribution is 5.98. The molecular weight excluding hydrogens is 259 g/mol. The van der Waals surface area contributed by atoms with E-state index in [-0.39, 0.29) is 23.1 Å². The number of ketones is 1. The third-order valence-corrected chi connectivity index (χ3v) is 4.56. The van der Waals surface area contributed by atoms with Crippen LogP contribution in [0, 0.1) is 11.7 Å². The predicted molar refractivity (Wildman–Crippen MR) is 72.5 cm³/mol. The van der Waals surface area contributed by atoms with Crippen molar-refractivity contribution in [3.63, 3.8) is 0 Å². The zero-order valence-electron chi connectivity index (χ0n) is 11.7. The zero-order chi connectivity index (χ0) is 14.2. The number of halogens is 1. The van der Waals surface area contributed by atoms with E-state index in [1.807, 2.05) is 0 Å². The first kappa shape index (κ1) is 13.6. The fourth-order valence-electron chi connectivity index (χ4n) is 3.22. The van der Waals surface area contributed by atoms with Gasteiger partial charge in [-0.25, -0.2) is 4.39 Å². The highest BCUT2D eigenvalue weighted by atomic mass is 19.1. The summed E-state index contributed by atoms with van der Waals surface area (Å²) in [6.45, 7) is 0.648. The van der Waals surface area contributed by atoms with Crippen molar-refractivity contribution < 1.29 is 18.7 Å². The van der Waals surface area contributed by atoms with Gasteiger partial charge in [-0.2, -0.15) is 0 Å². The van der Waals surface area contributed by atoms with Crippen LogP contribution < -0.4 is 4.74 Å². The van der Waals surface area contributed by atoms with Crippen molar-refractivity contribution in [2.24, 2.45) is 5.92 Å². The number of rotatable bonds is 3. The summed E-state index contributed by atoms with van der Waals surface area (Å²) in [5, 5.41) is 0. The number of benzene rings is 1. The minimum Gasteiger partial charge on any atom is -0.494 e. The molecular formula is C16H19FO3. The number of Topliss-reactive ketones (excluding diaryl/α,β-unsaturated/α-hetero) is 1. The second-order valence-electron chi connectivity index (χ2n) is 5.79. The molecule has 0 N–H and O–H groups in total. The van der Waals surface area contributed by atoms with Gasteiger partial charge in [-0.3, -0.25) is 4.79 Å². The van der Waals surface area contributed by atoms with E-state index in [0.29, 0.717) is 12.2 Å². The first-order valence-electron chi connectivity index (χ1n) is 7.15. The SMILES string of the molecule is COc1cc(C(=O)C2CCOC3(CCC3)C2)ccc1F. The quantitative estimate of drug-likeness (QED) is 0.795. The van der Waals surface area contributed by atoms with E-state index in [2.05, 4.69) is 0 Å². The summed E-state index contributed by atoms with van der Waals surface area (Å²) >= 11 is 0. The lowest BCUT2D eigenvalue weighted by atomic mass is 9.70. The minimum absolute atomic E-state index is 0.0146. The van der Waals surface area contributed by atoms with Crippen LogP contribution in [0.15, 0.2) is 18.2 Å². The van der Waals surface area contributed by atoms with E-state index in [1.54, 1.807) is 6.07 Å². The Morgan fingerprint density at radius 2 is 2.25 bits per heavy atom. The van der Waals surface area contributed by atoms with Gasteiger partial charge in [-0.1, -0.05) is 0 Å². The fraction of sp³-hybridized carbons (Fsp3) is 0.562. The first-order chi connectivity index (χ1) is 9.63. The van der Waals surface area contributed by atoms with Crippen LogP contribution in [0.3, 0.4) is 0 Å². The van der Waals surface area contributed by atoms with Gasteiger partial charge >= 0.3 is 0 Å². The van der Waals surface area contributed by atoms with Crippen LogP contribution in [0.2, 0.25) is 0 Å². The van der Waals surface area contributed by atoms with E-state index in [9.17, 15) is 9.18 Å². The molecule has 2 fully saturated rings. The fourth-order valence-corrected chi connectivity index (χ4v) is 3.22. The lowest BCUT2D eigenvalue weighted by Crippen LogP contribution is -2.47. The Morgan fingerprint density at radius 3 is 2.90 bits per heavy atom. The third-order valence-electron chi connectivity index (χ3n) is 4.56. The third kappa shape index (κ3) is 2.33. The topological polar surface area (TPSA) is 35.5 Å². The number of hydrogen-bond acceptors (Lipinski definition) is 3. The van der Waals surface area contributed by atoms with E-state index in [1.165, 1.54) is 25.7 Å². The summed E-state index contributed by atoms with van der Waals surface area (Å²) in [5.41, 5.74) is 0.479. The van der Waals surface area contributed by atoms with Gasteiger partial charge in [0, 0.05) is 18.1 Å². The number of ether oxygens (including phenoxy) is 2. The molecule has 1 aromatic rings.